The first-order chi connectivity index (χ1) is 11.0. The lowest BCUT2D eigenvalue weighted by molar-refractivity contribution is 0.173. The van der Waals surface area contributed by atoms with Gasteiger partial charge in [-0.05, 0) is 13.3 Å². The van der Waals surface area contributed by atoms with E-state index in [9.17, 15) is 9.90 Å². The summed E-state index contributed by atoms with van der Waals surface area (Å²) >= 11 is 1.68. The van der Waals surface area contributed by atoms with E-state index in [-0.39, 0.29) is 12.6 Å². The Morgan fingerprint density at radius 3 is 2.87 bits per heavy atom. The predicted octanol–water partition coefficient (Wildman–Crippen LogP) is 1.32. The first-order valence-electron chi connectivity index (χ1n) is 7.63. The maximum absolute atomic E-state index is 11.7. The molecule has 1 atom stereocenters. The van der Waals surface area contributed by atoms with E-state index in [4.69, 9.17) is 0 Å². The van der Waals surface area contributed by atoms with E-state index in [0.29, 0.717) is 18.5 Å². The van der Waals surface area contributed by atoms with Crippen LogP contribution in [0.15, 0.2) is 12.4 Å². The van der Waals surface area contributed by atoms with E-state index in [0.717, 1.165) is 17.1 Å². The molecule has 0 radical (unpaired) electrons. The molecule has 23 heavy (non-hydrogen) atoms. The number of nitrogens with one attached hydrogen (secondary N) is 2. The quantitative estimate of drug-likeness (QED) is 0.710. The van der Waals surface area contributed by atoms with Crippen molar-refractivity contribution in [1.29, 1.82) is 0 Å². The minimum absolute atomic E-state index is 0.147. The Balaban J connectivity index is 1.68. The number of aliphatic hydroxyl groups excluding tert-OH is 1. The van der Waals surface area contributed by atoms with Crippen LogP contribution in [0.25, 0.3) is 0 Å². The molecule has 0 fully saturated rings. The van der Waals surface area contributed by atoms with Crippen LogP contribution in [-0.4, -0.2) is 39.0 Å². The van der Waals surface area contributed by atoms with Crippen LogP contribution < -0.4 is 10.6 Å². The number of urea groups is 1. The smallest absolute Gasteiger partial charge is 0.314 e. The van der Waals surface area contributed by atoms with Gasteiger partial charge in [0.05, 0.1) is 23.0 Å². The summed E-state index contributed by atoms with van der Waals surface area (Å²) < 4.78 is 1.61. The molecule has 2 aromatic heterocycles. The number of rotatable bonds is 7. The molecule has 2 heterocycles. The first kappa shape index (κ1) is 17.4. The zero-order valence-electron chi connectivity index (χ0n) is 13.7. The van der Waals surface area contributed by atoms with E-state index in [1.165, 1.54) is 4.88 Å². The Bertz CT molecular complexity index is 652. The molecule has 7 nitrogen and oxygen atoms in total. The Morgan fingerprint density at radius 2 is 2.26 bits per heavy atom. The minimum atomic E-state index is -0.761. The van der Waals surface area contributed by atoms with Crippen LogP contribution in [0.4, 0.5) is 4.79 Å². The third-order valence-electron chi connectivity index (χ3n) is 3.46. The molecule has 0 bridgehead atoms. The number of nitrogens with zero attached hydrogens (tertiary/aromatic N) is 3. The van der Waals surface area contributed by atoms with Crippen LogP contribution in [0.3, 0.4) is 0 Å². The van der Waals surface area contributed by atoms with Crippen molar-refractivity contribution in [2.24, 2.45) is 7.05 Å². The summed E-state index contributed by atoms with van der Waals surface area (Å²) in [4.78, 5) is 17.5. The Morgan fingerprint density at radius 1 is 1.48 bits per heavy atom. The summed E-state index contributed by atoms with van der Waals surface area (Å²) in [7, 11) is 1.78. The predicted molar refractivity (Wildman–Crippen MR) is 89.5 cm³/mol. The summed E-state index contributed by atoms with van der Waals surface area (Å²) in [6.07, 6.45) is 4.19. The molecular formula is C15H23N5O2S. The number of aryl methyl sites for hydroxylation is 3. The van der Waals surface area contributed by atoms with Crippen molar-refractivity contribution in [2.45, 2.75) is 32.8 Å². The van der Waals surface area contributed by atoms with E-state index in [2.05, 4.69) is 34.6 Å². The fraction of sp³-hybridized carbons (Fsp3) is 0.533. The number of amides is 2. The lowest BCUT2D eigenvalue weighted by atomic mass is 10.2. The van der Waals surface area contributed by atoms with Gasteiger partial charge in [0.2, 0.25) is 0 Å². The average Bonchev–Trinajstić information content (AvgIpc) is 3.10. The molecule has 0 saturated carbocycles. The summed E-state index contributed by atoms with van der Waals surface area (Å²) in [6, 6.07) is -0.295. The van der Waals surface area contributed by atoms with Gasteiger partial charge in [0.25, 0.3) is 0 Å². The maximum atomic E-state index is 11.7. The van der Waals surface area contributed by atoms with Gasteiger partial charge in [-0.3, -0.25) is 4.68 Å². The van der Waals surface area contributed by atoms with Gasteiger partial charge in [-0.2, -0.15) is 5.10 Å². The molecule has 0 unspecified atom stereocenters. The van der Waals surface area contributed by atoms with Crippen LogP contribution in [-0.2, 0) is 19.9 Å². The number of aromatic nitrogens is 3. The second kappa shape index (κ2) is 8.07. The van der Waals surface area contributed by atoms with Gasteiger partial charge in [-0.1, -0.05) is 6.92 Å². The zero-order valence-corrected chi connectivity index (χ0v) is 14.5. The first-order valence-corrected chi connectivity index (χ1v) is 8.44. The fourth-order valence-corrected chi connectivity index (χ4v) is 3.21. The highest BCUT2D eigenvalue weighted by Crippen LogP contribution is 2.17. The lowest BCUT2D eigenvalue weighted by Crippen LogP contribution is -2.38. The van der Waals surface area contributed by atoms with Crippen molar-refractivity contribution in [3.8, 4) is 0 Å². The molecule has 0 aromatic carbocycles. The zero-order chi connectivity index (χ0) is 16.8. The minimum Gasteiger partial charge on any atom is -0.386 e. The number of hydrogen-bond acceptors (Lipinski definition) is 5. The molecule has 0 aliphatic heterocycles. The second-order valence-corrected chi connectivity index (χ2v) is 6.60. The van der Waals surface area contributed by atoms with Crippen molar-refractivity contribution < 1.29 is 9.90 Å². The highest BCUT2D eigenvalue weighted by molar-refractivity contribution is 7.11. The average molecular weight is 337 g/mol. The molecule has 2 amide bonds. The maximum Gasteiger partial charge on any atom is 0.314 e. The van der Waals surface area contributed by atoms with E-state index >= 15 is 0 Å². The summed E-state index contributed by atoms with van der Waals surface area (Å²) in [5.41, 5.74) is 1.81. The highest BCUT2D eigenvalue weighted by Gasteiger charge is 2.11. The standard InChI is InChI=1S/C15H23N5O2S/c1-4-12-10(2)23-14(19-12)5-6-16-15(22)17-8-13(21)11-7-18-20(3)9-11/h7,9,13,21H,4-6,8H2,1-3H3,(H2,16,17,22)/t13-/m1/s1. The largest absolute Gasteiger partial charge is 0.386 e. The van der Waals surface area contributed by atoms with Gasteiger partial charge < -0.3 is 15.7 Å². The van der Waals surface area contributed by atoms with Crippen LogP contribution in [0.2, 0.25) is 0 Å². The number of aliphatic hydroxyl groups is 1. The third-order valence-corrected chi connectivity index (χ3v) is 4.53. The SMILES string of the molecule is CCc1nc(CCNC(=O)NC[C@@H](O)c2cnn(C)c2)sc1C. The molecule has 0 saturated heterocycles. The van der Waals surface area contributed by atoms with E-state index in [1.807, 2.05) is 0 Å². The molecular weight excluding hydrogens is 314 g/mol. The highest BCUT2D eigenvalue weighted by atomic mass is 32.1. The topological polar surface area (TPSA) is 92.1 Å². The normalized spacial score (nSPS) is 12.2. The van der Waals surface area contributed by atoms with Crippen LogP contribution in [0.1, 0.15) is 34.2 Å². The van der Waals surface area contributed by atoms with Gasteiger partial charge in [-0.15, -0.1) is 11.3 Å². The molecule has 3 N–H and O–H groups in total. The summed E-state index contributed by atoms with van der Waals surface area (Å²) in [6.45, 7) is 4.82. The van der Waals surface area contributed by atoms with Crippen LogP contribution in [0, 0.1) is 6.92 Å². The number of carbonyl (C=O) groups excluding carboxylic acids is 1. The Labute approximate surface area is 139 Å². The third kappa shape index (κ3) is 5.04. The van der Waals surface area contributed by atoms with Gasteiger partial charge in [0.15, 0.2) is 0 Å². The molecule has 126 valence electrons. The van der Waals surface area contributed by atoms with Gasteiger partial charge in [0, 0.05) is 43.2 Å². The number of carbonyl (C=O) groups is 1. The Hall–Kier alpha value is -1.93. The molecule has 0 aliphatic rings. The summed E-state index contributed by atoms with van der Waals surface area (Å²) in [5.74, 6) is 0. The molecule has 0 spiro atoms. The van der Waals surface area contributed by atoms with Crippen molar-refractivity contribution >= 4 is 17.4 Å². The van der Waals surface area contributed by atoms with Crippen molar-refractivity contribution in [3.63, 3.8) is 0 Å². The lowest BCUT2D eigenvalue weighted by Gasteiger charge is -2.10. The van der Waals surface area contributed by atoms with Crippen molar-refractivity contribution in [2.75, 3.05) is 13.1 Å². The molecule has 2 aromatic rings. The summed E-state index contributed by atoms with van der Waals surface area (Å²) in [5, 5.41) is 20.4. The van der Waals surface area contributed by atoms with Gasteiger partial charge >= 0.3 is 6.03 Å². The second-order valence-electron chi connectivity index (χ2n) is 5.31. The molecule has 0 aliphatic carbocycles. The Kier molecular flexibility index (Phi) is 6.12. The van der Waals surface area contributed by atoms with Crippen LogP contribution in [0.5, 0.6) is 0 Å². The number of thiazole rings is 1. The van der Waals surface area contributed by atoms with Crippen molar-refractivity contribution in [1.82, 2.24) is 25.4 Å². The molecule has 2 rings (SSSR count). The van der Waals surface area contributed by atoms with Gasteiger partial charge in [0.1, 0.15) is 0 Å². The van der Waals surface area contributed by atoms with Gasteiger partial charge in [-0.25, -0.2) is 9.78 Å². The fourth-order valence-electron chi connectivity index (χ4n) is 2.19. The number of hydrogen-bond donors (Lipinski definition) is 3. The van der Waals surface area contributed by atoms with E-state index < -0.39 is 6.10 Å². The van der Waals surface area contributed by atoms with Crippen molar-refractivity contribution in [3.05, 3.63) is 33.5 Å². The monoisotopic (exact) mass is 337 g/mol. The van der Waals surface area contributed by atoms with Crippen LogP contribution >= 0.6 is 11.3 Å². The van der Waals surface area contributed by atoms with E-state index in [1.54, 1.807) is 35.5 Å². The molecule has 8 heteroatoms.